The summed E-state index contributed by atoms with van der Waals surface area (Å²) in [5.41, 5.74) is 1.95. The number of carbonyl (C=O) groups excluding carboxylic acids is 1. The zero-order valence-electron chi connectivity index (χ0n) is 21.8. The number of benzene rings is 4. The van der Waals surface area contributed by atoms with Crippen molar-refractivity contribution in [2.75, 3.05) is 0 Å². The Morgan fingerprint density at radius 1 is 0.838 bits per heavy atom. The maximum absolute atomic E-state index is 11.9. The van der Waals surface area contributed by atoms with Gasteiger partial charge >= 0.3 is 6.09 Å². The van der Waals surface area contributed by atoms with Crippen LogP contribution in [0.1, 0.15) is 27.7 Å². The van der Waals surface area contributed by atoms with E-state index in [0.717, 1.165) is 0 Å². The van der Waals surface area contributed by atoms with Crippen molar-refractivity contribution in [2.45, 2.75) is 45.9 Å². The summed E-state index contributed by atoms with van der Waals surface area (Å²) in [7, 11) is 0. The predicted octanol–water partition coefficient (Wildman–Crippen LogP) is 8.03. The highest BCUT2D eigenvalue weighted by atomic mass is 16.6. The van der Waals surface area contributed by atoms with Gasteiger partial charge in [-0.05, 0) is 50.6 Å². The summed E-state index contributed by atoms with van der Waals surface area (Å²) >= 11 is 0. The number of hydrogen-bond donors (Lipinski definition) is 2. The number of rotatable bonds is 3. The number of hydrogen-bond acceptors (Lipinski definition) is 2. The average molecular weight is 492 g/mol. The smallest absolute Gasteiger partial charge is 0.407 e. The summed E-state index contributed by atoms with van der Waals surface area (Å²) in [5, 5.41) is 10.4. The molecule has 0 spiro atoms. The molecule has 0 saturated carbocycles. The summed E-state index contributed by atoms with van der Waals surface area (Å²) < 4.78 is 7.52. The SMILES string of the molecule is C[C@@H](Cn1ccc2ccc3ccccc3c21)NC(=O)OC(C)(C)C.c1ccc2c(c1)ccc1cc[nH]c12. The molecule has 2 heterocycles. The van der Waals surface area contributed by atoms with Crippen LogP contribution >= 0.6 is 0 Å². The van der Waals surface area contributed by atoms with Gasteiger partial charge in [0.2, 0.25) is 0 Å². The number of alkyl carbamates (subject to hydrolysis) is 1. The van der Waals surface area contributed by atoms with E-state index in [2.05, 4.69) is 99.9 Å². The van der Waals surface area contributed by atoms with Crippen LogP contribution in [0.2, 0.25) is 0 Å². The molecule has 1 amide bonds. The van der Waals surface area contributed by atoms with E-state index in [-0.39, 0.29) is 12.1 Å². The average Bonchev–Trinajstić information content (AvgIpc) is 3.51. The lowest BCUT2D eigenvalue weighted by atomic mass is 10.1. The third-order valence-corrected chi connectivity index (χ3v) is 6.34. The highest BCUT2D eigenvalue weighted by Crippen LogP contribution is 2.26. The van der Waals surface area contributed by atoms with Crippen LogP contribution in [0.15, 0.2) is 97.3 Å². The number of aromatic nitrogens is 2. The summed E-state index contributed by atoms with van der Waals surface area (Å²) in [6, 6.07) is 29.6. The van der Waals surface area contributed by atoms with Crippen molar-refractivity contribution < 1.29 is 9.53 Å². The van der Waals surface area contributed by atoms with Crippen molar-refractivity contribution in [1.29, 1.82) is 0 Å². The van der Waals surface area contributed by atoms with Crippen molar-refractivity contribution in [1.82, 2.24) is 14.9 Å². The molecule has 6 aromatic rings. The van der Waals surface area contributed by atoms with Gasteiger partial charge in [-0.25, -0.2) is 4.79 Å². The van der Waals surface area contributed by atoms with Gasteiger partial charge in [0.1, 0.15) is 5.60 Å². The lowest BCUT2D eigenvalue weighted by Gasteiger charge is -2.22. The summed E-state index contributed by atoms with van der Waals surface area (Å²) in [5.74, 6) is 0. The van der Waals surface area contributed by atoms with Gasteiger partial charge < -0.3 is 19.6 Å². The van der Waals surface area contributed by atoms with E-state index in [4.69, 9.17) is 4.74 Å². The largest absolute Gasteiger partial charge is 0.444 e. The minimum atomic E-state index is -0.486. The summed E-state index contributed by atoms with van der Waals surface area (Å²) in [6.07, 6.45) is 3.68. The van der Waals surface area contributed by atoms with Gasteiger partial charge in [0.05, 0.1) is 11.0 Å². The van der Waals surface area contributed by atoms with Crippen LogP contribution in [0, 0.1) is 0 Å². The second kappa shape index (κ2) is 10.0. The maximum atomic E-state index is 11.9. The number of fused-ring (bicyclic) bond motifs is 6. The highest BCUT2D eigenvalue weighted by molar-refractivity contribution is 6.06. The number of nitrogens with zero attached hydrogens (tertiary/aromatic N) is 1. The first kappa shape index (κ1) is 24.4. The fourth-order valence-corrected chi connectivity index (χ4v) is 4.78. The Kier molecular flexibility index (Phi) is 6.62. The Labute approximate surface area is 217 Å². The fraction of sp³-hybridized carbons (Fsp3) is 0.219. The fourth-order valence-electron chi connectivity index (χ4n) is 4.78. The van der Waals surface area contributed by atoms with Crippen molar-refractivity contribution in [3.63, 3.8) is 0 Å². The normalized spacial score (nSPS) is 12.4. The van der Waals surface area contributed by atoms with Gasteiger partial charge in [-0.1, -0.05) is 72.8 Å². The van der Waals surface area contributed by atoms with E-state index in [1.807, 2.05) is 40.0 Å². The van der Waals surface area contributed by atoms with Gasteiger partial charge in [-0.3, -0.25) is 0 Å². The van der Waals surface area contributed by atoms with Gasteiger partial charge in [-0.15, -0.1) is 0 Å². The van der Waals surface area contributed by atoms with Gasteiger partial charge in [0.15, 0.2) is 0 Å². The number of nitrogens with one attached hydrogen (secondary N) is 2. The highest BCUT2D eigenvalue weighted by Gasteiger charge is 2.18. The molecule has 5 heteroatoms. The van der Waals surface area contributed by atoms with Gasteiger partial charge in [0.25, 0.3) is 0 Å². The standard InChI is InChI=1S/C20H24N2O2.C12H9N/c1-14(21-19(23)24-20(2,3)4)13-22-12-11-16-10-9-15-7-5-6-8-17(15)18(16)22;1-2-4-11-9(3-1)5-6-10-7-8-13-12(10)11/h5-12,14H,13H2,1-4H3,(H,21,23);1-8,13H/t14-;/m0./s1. The van der Waals surface area contributed by atoms with E-state index in [1.54, 1.807) is 0 Å². The Hall–Kier alpha value is -4.25. The van der Waals surface area contributed by atoms with E-state index < -0.39 is 5.60 Å². The van der Waals surface area contributed by atoms with E-state index in [1.165, 1.54) is 43.4 Å². The Morgan fingerprint density at radius 3 is 2.19 bits per heavy atom. The second-order valence-electron chi connectivity index (χ2n) is 10.5. The molecule has 1 atom stereocenters. The number of H-pyrrole nitrogens is 1. The second-order valence-corrected chi connectivity index (χ2v) is 10.5. The predicted molar refractivity (Wildman–Crippen MR) is 154 cm³/mol. The molecule has 37 heavy (non-hydrogen) atoms. The van der Waals surface area contributed by atoms with Crippen molar-refractivity contribution in [2.24, 2.45) is 0 Å². The number of aromatic amines is 1. The molecule has 4 aromatic carbocycles. The third kappa shape index (κ3) is 5.46. The molecule has 0 aliphatic rings. The quantitative estimate of drug-likeness (QED) is 0.263. The van der Waals surface area contributed by atoms with Crippen LogP contribution in [0.3, 0.4) is 0 Å². The lowest BCUT2D eigenvalue weighted by molar-refractivity contribution is 0.0504. The van der Waals surface area contributed by atoms with Crippen LogP contribution in [0.4, 0.5) is 4.79 Å². The number of ether oxygens (including phenoxy) is 1. The molecule has 0 aliphatic carbocycles. The Bertz CT molecular complexity index is 1690. The van der Waals surface area contributed by atoms with Crippen LogP contribution in [0.25, 0.3) is 43.4 Å². The molecule has 5 nitrogen and oxygen atoms in total. The van der Waals surface area contributed by atoms with Gasteiger partial charge in [0, 0.05) is 46.5 Å². The summed E-state index contributed by atoms with van der Waals surface area (Å²) in [6.45, 7) is 8.27. The molecule has 0 bridgehead atoms. The van der Waals surface area contributed by atoms with Crippen molar-refractivity contribution in [3.8, 4) is 0 Å². The zero-order chi connectivity index (χ0) is 26.0. The van der Waals surface area contributed by atoms with E-state index >= 15 is 0 Å². The molecular formula is C32H33N3O2. The van der Waals surface area contributed by atoms with Crippen LogP contribution in [-0.2, 0) is 11.3 Å². The number of amides is 1. The molecule has 2 aromatic heterocycles. The van der Waals surface area contributed by atoms with Crippen LogP contribution in [-0.4, -0.2) is 27.3 Å². The molecule has 188 valence electrons. The third-order valence-electron chi connectivity index (χ3n) is 6.34. The topological polar surface area (TPSA) is 59.1 Å². The van der Waals surface area contributed by atoms with Crippen LogP contribution in [0.5, 0.6) is 0 Å². The van der Waals surface area contributed by atoms with Crippen LogP contribution < -0.4 is 5.32 Å². The molecule has 2 N–H and O–H groups in total. The first-order chi connectivity index (χ1) is 17.8. The van der Waals surface area contributed by atoms with E-state index in [0.29, 0.717) is 6.54 Å². The molecule has 0 saturated heterocycles. The monoisotopic (exact) mass is 491 g/mol. The molecule has 0 radical (unpaired) electrons. The summed E-state index contributed by atoms with van der Waals surface area (Å²) in [4.78, 5) is 15.2. The van der Waals surface area contributed by atoms with Crippen molar-refractivity contribution in [3.05, 3.63) is 97.3 Å². The molecular weight excluding hydrogens is 458 g/mol. The molecule has 0 fully saturated rings. The minimum Gasteiger partial charge on any atom is -0.444 e. The Morgan fingerprint density at radius 2 is 1.46 bits per heavy atom. The number of carbonyl (C=O) groups is 1. The van der Waals surface area contributed by atoms with E-state index in [9.17, 15) is 4.79 Å². The first-order valence-corrected chi connectivity index (χ1v) is 12.7. The minimum absolute atomic E-state index is 0.0329. The van der Waals surface area contributed by atoms with Crippen molar-refractivity contribution >= 4 is 49.4 Å². The zero-order valence-corrected chi connectivity index (χ0v) is 21.8. The maximum Gasteiger partial charge on any atom is 0.407 e. The molecule has 0 unspecified atom stereocenters. The van der Waals surface area contributed by atoms with Gasteiger partial charge in [-0.2, -0.15) is 0 Å². The molecule has 0 aliphatic heterocycles. The first-order valence-electron chi connectivity index (χ1n) is 12.7. The lowest BCUT2D eigenvalue weighted by Crippen LogP contribution is -2.39. The Balaban J connectivity index is 0.000000179. The molecule has 6 rings (SSSR count).